The summed E-state index contributed by atoms with van der Waals surface area (Å²) in [5, 5.41) is 18.0. The van der Waals surface area contributed by atoms with Crippen LogP contribution in [-0.2, 0) is 11.3 Å². The van der Waals surface area contributed by atoms with Gasteiger partial charge < -0.3 is 10.4 Å². The van der Waals surface area contributed by atoms with Crippen LogP contribution in [-0.4, -0.2) is 56.2 Å². The van der Waals surface area contributed by atoms with E-state index in [1.54, 1.807) is 10.6 Å². The fourth-order valence-electron chi connectivity index (χ4n) is 3.14. The van der Waals surface area contributed by atoms with Gasteiger partial charge in [-0.2, -0.15) is 4.98 Å². The Morgan fingerprint density at radius 1 is 1.22 bits per heavy atom. The lowest BCUT2D eigenvalue weighted by Crippen LogP contribution is -2.47. The van der Waals surface area contributed by atoms with Gasteiger partial charge in [0.25, 0.3) is 5.95 Å². The maximum atomic E-state index is 11.5. The van der Waals surface area contributed by atoms with Crippen molar-refractivity contribution < 1.29 is 14.7 Å². The average molecular weight is 366 g/mol. The van der Waals surface area contributed by atoms with Gasteiger partial charge in [-0.05, 0) is 17.7 Å². The molecule has 0 spiro atoms. The van der Waals surface area contributed by atoms with Gasteiger partial charge in [-0.1, -0.05) is 30.3 Å². The van der Waals surface area contributed by atoms with Crippen LogP contribution >= 0.6 is 0 Å². The Hall–Kier alpha value is -3.46. The number of benzene rings is 1. The number of carboxylic acid groups (broad SMARTS) is 1. The number of aromatic nitrogens is 3. The molecule has 0 radical (unpaired) electrons. The predicted octanol–water partition coefficient (Wildman–Crippen LogP) is 1.42. The van der Waals surface area contributed by atoms with Gasteiger partial charge in [0.15, 0.2) is 5.65 Å². The van der Waals surface area contributed by atoms with Crippen molar-refractivity contribution in [2.24, 2.45) is 0 Å². The molecule has 0 bridgehead atoms. The first-order valence-corrected chi connectivity index (χ1v) is 8.52. The van der Waals surface area contributed by atoms with E-state index in [1.807, 2.05) is 36.4 Å². The molecule has 3 N–H and O–H groups in total. The topological polar surface area (TPSA) is 112 Å². The summed E-state index contributed by atoms with van der Waals surface area (Å²) in [6, 6.07) is 13.5. The van der Waals surface area contributed by atoms with Crippen LogP contribution in [0.25, 0.3) is 16.9 Å². The maximum Gasteiger partial charge on any atom is 0.411 e. The second-order valence-electron chi connectivity index (χ2n) is 6.30. The van der Waals surface area contributed by atoms with Crippen LogP contribution < -0.4 is 10.6 Å². The highest BCUT2D eigenvalue weighted by atomic mass is 16.4. The van der Waals surface area contributed by atoms with Gasteiger partial charge in [0.1, 0.15) is 0 Å². The zero-order chi connectivity index (χ0) is 18.8. The van der Waals surface area contributed by atoms with Crippen molar-refractivity contribution in [3.63, 3.8) is 0 Å². The summed E-state index contributed by atoms with van der Waals surface area (Å²) in [5.41, 5.74) is 3.42. The van der Waals surface area contributed by atoms with Gasteiger partial charge in [-0.25, -0.2) is 9.31 Å². The molecule has 0 aliphatic carbocycles. The van der Waals surface area contributed by atoms with Crippen molar-refractivity contribution in [2.75, 3.05) is 25.0 Å². The van der Waals surface area contributed by atoms with Crippen LogP contribution in [0.5, 0.6) is 0 Å². The van der Waals surface area contributed by atoms with Crippen molar-refractivity contribution in [2.45, 2.75) is 6.54 Å². The monoisotopic (exact) mass is 366 g/mol. The molecule has 9 heteroatoms. The number of rotatable bonds is 4. The minimum Gasteiger partial charge on any atom is -0.465 e. The van der Waals surface area contributed by atoms with Gasteiger partial charge in [0.05, 0.1) is 12.2 Å². The third-order valence-corrected chi connectivity index (χ3v) is 4.35. The smallest absolute Gasteiger partial charge is 0.411 e. The molecule has 1 aromatic carbocycles. The van der Waals surface area contributed by atoms with E-state index in [4.69, 9.17) is 5.11 Å². The Balaban J connectivity index is 1.57. The number of pyridine rings is 1. The predicted molar refractivity (Wildman–Crippen MR) is 98.4 cm³/mol. The molecule has 0 unspecified atom stereocenters. The molecular formula is C18H18N6O3. The number of amides is 2. The van der Waals surface area contributed by atoms with Crippen LogP contribution in [0.4, 0.5) is 10.7 Å². The number of piperazine rings is 1. The van der Waals surface area contributed by atoms with E-state index in [0.717, 1.165) is 23.4 Å². The number of carbonyl (C=O) groups is 2. The second kappa shape index (κ2) is 7.04. The number of nitrogens with zero attached hydrogens (tertiary/aromatic N) is 4. The highest BCUT2D eigenvalue weighted by Crippen LogP contribution is 2.22. The minimum atomic E-state index is -1.21. The summed E-state index contributed by atoms with van der Waals surface area (Å²) in [7, 11) is 0. The molecular weight excluding hydrogens is 348 g/mol. The van der Waals surface area contributed by atoms with E-state index >= 15 is 0 Å². The van der Waals surface area contributed by atoms with Gasteiger partial charge in [-0.15, -0.1) is 5.10 Å². The van der Waals surface area contributed by atoms with Crippen molar-refractivity contribution in [3.05, 3.63) is 48.0 Å². The maximum absolute atomic E-state index is 11.5. The molecule has 1 saturated heterocycles. The largest absolute Gasteiger partial charge is 0.465 e. The van der Waals surface area contributed by atoms with E-state index < -0.39 is 6.09 Å². The lowest BCUT2D eigenvalue weighted by Gasteiger charge is -2.26. The summed E-state index contributed by atoms with van der Waals surface area (Å²) in [5.74, 6) is 0.0939. The van der Waals surface area contributed by atoms with Crippen LogP contribution in [0.2, 0.25) is 0 Å². The Bertz CT molecular complexity index is 998. The van der Waals surface area contributed by atoms with Gasteiger partial charge in [0.2, 0.25) is 5.91 Å². The lowest BCUT2D eigenvalue weighted by molar-refractivity contribution is -0.124. The summed E-state index contributed by atoms with van der Waals surface area (Å²) in [6.07, 6.45) is -1.21. The van der Waals surface area contributed by atoms with Crippen molar-refractivity contribution in [1.82, 2.24) is 24.8 Å². The van der Waals surface area contributed by atoms with E-state index in [2.05, 4.69) is 25.6 Å². The van der Waals surface area contributed by atoms with Crippen LogP contribution in [0.1, 0.15) is 5.56 Å². The number of hydrogen-bond acceptors (Lipinski definition) is 5. The average Bonchev–Trinajstić information content (AvgIpc) is 3.04. The Morgan fingerprint density at radius 2 is 2.04 bits per heavy atom. The van der Waals surface area contributed by atoms with Crippen molar-refractivity contribution in [1.29, 1.82) is 0 Å². The molecule has 0 saturated carbocycles. The fraction of sp³-hybridized carbons (Fsp3) is 0.222. The quantitative estimate of drug-likeness (QED) is 0.644. The Morgan fingerprint density at radius 3 is 2.78 bits per heavy atom. The summed E-state index contributed by atoms with van der Waals surface area (Å²) in [6.45, 7) is 2.65. The first-order valence-electron chi connectivity index (χ1n) is 8.52. The molecule has 1 aliphatic heterocycles. The fourth-order valence-corrected chi connectivity index (χ4v) is 3.14. The lowest BCUT2D eigenvalue weighted by atomic mass is 10.1. The number of hydrogen-bond donors (Lipinski definition) is 3. The van der Waals surface area contributed by atoms with E-state index in [9.17, 15) is 9.59 Å². The zero-order valence-corrected chi connectivity index (χ0v) is 14.4. The van der Waals surface area contributed by atoms with Crippen LogP contribution in [0.15, 0.2) is 42.5 Å². The standard InChI is InChI=1S/C18H18N6O3/c25-16-11-23(9-8-19-16)10-12-4-6-13(7-5-12)14-2-1-3-15-20-17(21-18(26)27)22-24(14)15/h1-7H,8-11H2,(H,19,25)(H,21,22)(H,26,27). The first kappa shape index (κ1) is 17.0. The van der Waals surface area contributed by atoms with Gasteiger partial charge in [0, 0.05) is 25.2 Å². The molecule has 27 heavy (non-hydrogen) atoms. The first-order chi connectivity index (χ1) is 13.1. The Labute approximate surface area is 154 Å². The normalized spacial score (nSPS) is 14.9. The highest BCUT2D eigenvalue weighted by Gasteiger charge is 2.16. The summed E-state index contributed by atoms with van der Waals surface area (Å²) < 4.78 is 1.61. The molecule has 2 amide bonds. The number of fused-ring (bicyclic) bond motifs is 1. The molecule has 9 nitrogen and oxygen atoms in total. The summed E-state index contributed by atoms with van der Waals surface area (Å²) in [4.78, 5) is 28.5. The third-order valence-electron chi connectivity index (χ3n) is 4.35. The highest BCUT2D eigenvalue weighted by molar-refractivity contribution is 5.80. The van der Waals surface area contributed by atoms with Gasteiger partial charge in [-0.3, -0.25) is 15.0 Å². The molecule has 1 fully saturated rings. The van der Waals surface area contributed by atoms with Crippen molar-refractivity contribution >= 4 is 23.6 Å². The number of nitrogens with one attached hydrogen (secondary N) is 2. The van der Waals surface area contributed by atoms with Crippen LogP contribution in [0, 0.1) is 0 Å². The van der Waals surface area contributed by atoms with E-state index in [1.165, 1.54) is 0 Å². The molecule has 0 atom stereocenters. The van der Waals surface area contributed by atoms with E-state index in [0.29, 0.717) is 25.3 Å². The van der Waals surface area contributed by atoms with Gasteiger partial charge >= 0.3 is 6.09 Å². The van der Waals surface area contributed by atoms with Crippen LogP contribution in [0.3, 0.4) is 0 Å². The van der Waals surface area contributed by atoms with E-state index in [-0.39, 0.29) is 11.9 Å². The number of carbonyl (C=O) groups excluding carboxylic acids is 1. The number of anilines is 1. The second-order valence-corrected chi connectivity index (χ2v) is 6.30. The molecule has 138 valence electrons. The molecule has 1 aliphatic rings. The zero-order valence-electron chi connectivity index (χ0n) is 14.4. The molecule has 4 rings (SSSR count). The minimum absolute atomic E-state index is 0.0370. The molecule has 3 aromatic rings. The molecule has 2 aromatic heterocycles. The van der Waals surface area contributed by atoms with Crippen molar-refractivity contribution in [3.8, 4) is 11.3 Å². The molecule has 3 heterocycles. The Kier molecular flexibility index (Phi) is 4.43. The third kappa shape index (κ3) is 3.72. The summed E-state index contributed by atoms with van der Waals surface area (Å²) >= 11 is 0. The SMILES string of the molecule is O=C(O)Nc1nc2cccc(-c3ccc(CN4CCNC(=O)C4)cc3)n2n1.